The number of H-pyrrole nitrogens is 1. The lowest BCUT2D eigenvalue weighted by atomic mass is 10.2. The highest BCUT2D eigenvalue weighted by Gasteiger charge is 2.15. The number of aromatic amines is 1. The molecule has 25 heavy (non-hydrogen) atoms. The van der Waals surface area contributed by atoms with Gasteiger partial charge in [-0.15, -0.1) is 22.7 Å². The molecule has 0 aliphatic carbocycles. The number of carbonyl (C=O) groups is 2. The number of nitrogens with zero attached hydrogens (tertiary/aromatic N) is 2. The van der Waals surface area contributed by atoms with E-state index in [-0.39, 0.29) is 36.6 Å². The zero-order valence-corrected chi connectivity index (χ0v) is 15.6. The number of carbonyl (C=O) groups excluding carboxylic acids is 2. The lowest BCUT2D eigenvalue weighted by molar-refractivity contribution is -0.130. The maximum absolute atomic E-state index is 12.2. The molecule has 0 radical (unpaired) electrons. The van der Waals surface area contributed by atoms with Crippen LogP contribution in [0.15, 0.2) is 28.4 Å². The van der Waals surface area contributed by atoms with Crippen LogP contribution in [0.3, 0.4) is 0 Å². The first kappa shape index (κ1) is 17.8. The average Bonchev–Trinajstić information content (AvgIpc) is 3.21. The number of halogens is 1. The monoisotopic (exact) mass is 395 g/mol. The summed E-state index contributed by atoms with van der Waals surface area (Å²) in [5.74, 6) is 0.122. The Kier molecular flexibility index (Phi) is 5.31. The predicted octanol–water partition coefficient (Wildman–Crippen LogP) is 3.32. The van der Waals surface area contributed by atoms with Gasteiger partial charge in [-0.3, -0.25) is 14.4 Å². The zero-order valence-electron chi connectivity index (χ0n) is 13.2. The van der Waals surface area contributed by atoms with Gasteiger partial charge in [-0.1, -0.05) is 11.6 Å². The van der Waals surface area contributed by atoms with Crippen molar-refractivity contribution in [2.75, 3.05) is 7.05 Å². The molecule has 3 aromatic rings. The van der Waals surface area contributed by atoms with Crippen LogP contribution >= 0.6 is 34.3 Å². The highest BCUT2D eigenvalue weighted by atomic mass is 35.5. The smallest absolute Gasteiger partial charge is 0.268 e. The van der Waals surface area contributed by atoms with E-state index in [1.807, 2.05) is 0 Å². The fraction of sp³-hybridized carbons (Fsp3) is 0.250. The Hall–Kier alpha value is -2.03. The van der Waals surface area contributed by atoms with Crippen molar-refractivity contribution < 1.29 is 9.59 Å². The number of hydrogen-bond acceptors (Lipinski definition) is 6. The van der Waals surface area contributed by atoms with Crippen LogP contribution in [-0.2, 0) is 11.3 Å². The van der Waals surface area contributed by atoms with Crippen molar-refractivity contribution in [1.29, 1.82) is 0 Å². The third-order valence-electron chi connectivity index (χ3n) is 3.59. The normalized spacial score (nSPS) is 11.0. The van der Waals surface area contributed by atoms with Gasteiger partial charge < -0.3 is 9.88 Å². The summed E-state index contributed by atoms with van der Waals surface area (Å²) in [6.07, 6.45) is 0.212. The third-order valence-corrected chi connectivity index (χ3v) is 5.77. The number of fused-ring (bicyclic) bond motifs is 1. The number of amides is 1. The van der Waals surface area contributed by atoms with Gasteiger partial charge in [-0.25, -0.2) is 4.98 Å². The molecule has 0 atom stereocenters. The number of hydrogen-bond donors (Lipinski definition) is 1. The quantitative estimate of drug-likeness (QED) is 0.649. The highest BCUT2D eigenvalue weighted by Crippen LogP contribution is 2.23. The Morgan fingerprint density at radius 1 is 1.28 bits per heavy atom. The first-order chi connectivity index (χ1) is 11.9. The van der Waals surface area contributed by atoms with Gasteiger partial charge in [-0.05, 0) is 23.6 Å². The minimum absolute atomic E-state index is 0.0930. The van der Waals surface area contributed by atoms with Crippen molar-refractivity contribution >= 4 is 56.2 Å². The van der Waals surface area contributed by atoms with Gasteiger partial charge in [0.15, 0.2) is 5.78 Å². The molecule has 0 bridgehead atoms. The van der Waals surface area contributed by atoms with E-state index in [9.17, 15) is 14.4 Å². The second kappa shape index (κ2) is 7.47. The Bertz CT molecular complexity index is 992. The van der Waals surface area contributed by atoms with E-state index in [4.69, 9.17) is 11.6 Å². The number of rotatable bonds is 6. The number of Topliss-reactive ketones (excluding diaryl/α,β-unsaturated/α-hetero) is 1. The Morgan fingerprint density at radius 3 is 2.80 bits per heavy atom. The second-order valence-electron chi connectivity index (χ2n) is 5.42. The highest BCUT2D eigenvalue weighted by molar-refractivity contribution is 7.18. The molecule has 0 fully saturated rings. The van der Waals surface area contributed by atoms with Gasteiger partial charge in [0.1, 0.15) is 10.5 Å². The molecule has 0 aliphatic rings. The van der Waals surface area contributed by atoms with Gasteiger partial charge in [0.25, 0.3) is 5.56 Å². The molecule has 3 rings (SSSR count). The molecule has 0 saturated heterocycles. The van der Waals surface area contributed by atoms with Crippen LogP contribution in [0.1, 0.15) is 28.3 Å². The van der Waals surface area contributed by atoms with E-state index in [2.05, 4.69) is 9.97 Å². The molecular weight excluding hydrogens is 382 g/mol. The van der Waals surface area contributed by atoms with Crippen LogP contribution in [0.25, 0.3) is 10.2 Å². The topological polar surface area (TPSA) is 83.1 Å². The molecular formula is C16H14ClN3O3S2. The van der Waals surface area contributed by atoms with Crippen LogP contribution in [0.2, 0.25) is 4.34 Å². The van der Waals surface area contributed by atoms with Gasteiger partial charge in [-0.2, -0.15) is 0 Å². The maximum atomic E-state index is 12.2. The summed E-state index contributed by atoms with van der Waals surface area (Å²) in [7, 11) is 1.62. The van der Waals surface area contributed by atoms with Crippen molar-refractivity contribution in [1.82, 2.24) is 14.9 Å². The van der Waals surface area contributed by atoms with E-state index in [1.165, 1.54) is 27.6 Å². The molecule has 0 saturated carbocycles. The van der Waals surface area contributed by atoms with Crippen LogP contribution in [-0.4, -0.2) is 33.6 Å². The molecule has 3 aromatic heterocycles. The number of aromatic nitrogens is 2. The molecule has 3 heterocycles. The lowest BCUT2D eigenvalue weighted by Gasteiger charge is -2.16. The molecule has 1 amide bonds. The Labute approximate surface area is 156 Å². The molecule has 0 aromatic carbocycles. The summed E-state index contributed by atoms with van der Waals surface area (Å²) in [4.78, 5) is 45.2. The molecule has 0 unspecified atom stereocenters. The van der Waals surface area contributed by atoms with Crippen molar-refractivity contribution in [2.24, 2.45) is 0 Å². The summed E-state index contributed by atoms with van der Waals surface area (Å²) in [5, 5.41) is 1.80. The second-order valence-corrected chi connectivity index (χ2v) is 8.06. The third kappa shape index (κ3) is 4.15. The number of ketones is 1. The minimum Gasteiger partial charge on any atom is -0.338 e. The Morgan fingerprint density at radius 2 is 2.08 bits per heavy atom. The van der Waals surface area contributed by atoms with Crippen LogP contribution in [0.4, 0.5) is 0 Å². The van der Waals surface area contributed by atoms with Crippen LogP contribution in [0.5, 0.6) is 0 Å². The van der Waals surface area contributed by atoms with E-state index in [0.29, 0.717) is 25.3 Å². The largest absolute Gasteiger partial charge is 0.338 e. The number of thiophene rings is 2. The first-order valence-corrected chi connectivity index (χ1v) is 9.50. The van der Waals surface area contributed by atoms with Crippen molar-refractivity contribution in [3.05, 3.63) is 49.0 Å². The van der Waals surface area contributed by atoms with Crippen molar-refractivity contribution in [3.63, 3.8) is 0 Å². The van der Waals surface area contributed by atoms with Gasteiger partial charge in [0.2, 0.25) is 5.91 Å². The molecule has 6 nitrogen and oxygen atoms in total. The maximum Gasteiger partial charge on any atom is 0.268 e. The molecule has 130 valence electrons. The molecule has 1 N–H and O–H groups in total. The summed E-state index contributed by atoms with van der Waals surface area (Å²) in [6.45, 7) is 0.179. The SMILES string of the molecule is CN(Cc1nc2ccsc2c(=O)[nH]1)C(=O)CCC(=O)c1ccc(Cl)s1. The van der Waals surface area contributed by atoms with E-state index < -0.39 is 0 Å². The fourth-order valence-corrected chi connectivity index (χ4v) is 4.04. The van der Waals surface area contributed by atoms with Crippen molar-refractivity contribution in [2.45, 2.75) is 19.4 Å². The van der Waals surface area contributed by atoms with Crippen LogP contribution < -0.4 is 5.56 Å². The molecule has 9 heteroatoms. The van der Waals surface area contributed by atoms with Gasteiger partial charge >= 0.3 is 0 Å². The fourth-order valence-electron chi connectivity index (χ4n) is 2.31. The van der Waals surface area contributed by atoms with Crippen LogP contribution in [0, 0.1) is 0 Å². The Balaban J connectivity index is 1.60. The molecule has 0 aliphatic heterocycles. The summed E-state index contributed by atoms with van der Waals surface area (Å²) < 4.78 is 1.11. The van der Waals surface area contributed by atoms with Crippen molar-refractivity contribution in [3.8, 4) is 0 Å². The lowest BCUT2D eigenvalue weighted by Crippen LogP contribution is -2.28. The van der Waals surface area contributed by atoms with E-state index in [1.54, 1.807) is 30.6 Å². The molecule has 0 spiro atoms. The summed E-state index contributed by atoms with van der Waals surface area (Å²) >= 11 is 8.34. The first-order valence-electron chi connectivity index (χ1n) is 7.43. The summed E-state index contributed by atoms with van der Waals surface area (Å²) in [6, 6.07) is 5.09. The standard InChI is InChI=1S/C16H14ClN3O3S2/c1-20(8-13-18-9-6-7-24-15(9)16(23)19-13)14(22)5-2-10(21)11-3-4-12(17)25-11/h3-4,6-7H,2,5,8H2,1H3,(H,18,19,23). The van der Waals surface area contributed by atoms with Gasteiger partial charge in [0, 0.05) is 19.9 Å². The number of nitrogens with one attached hydrogen (secondary N) is 1. The summed E-state index contributed by atoms with van der Waals surface area (Å²) in [5.41, 5.74) is 0.412. The van der Waals surface area contributed by atoms with E-state index in [0.717, 1.165) is 0 Å². The average molecular weight is 396 g/mol. The van der Waals surface area contributed by atoms with Gasteiger partial charge in [0.05, 0.1) is 21.3 Å². The van der Waals surface area contributed by atoms with E-state index >= 15 is 0 Å². The minimum atomic E-state index is -0.208. The predicted molar refractivity (Wildman–Crippen MR) is 99.6 cm³/mol. The zero-order chi connectivity index (χ0) is 18.0.